The summed E-state index contributed by atoms with van der Waals surface area (Å²) < 4.78 is 13.6. The zero-order valence-corrected chi connectivity index (χ0v) is 20.0. The summed E-state index contributed by atoms with van der Waals surface area (Å²) in [5.41, 5.74) is 3.16. The lowest BCUT2D eigenvalue weighted by Gasteiger charge is -2.23. The Balaban J connectivity index is 1.35. The Morgan fingerprint density at radius 1 is 1.06 bits per heavy atom. The molecule has 176 valence electrons. The molecule has 6 nitrogen and oxygen atoms in total. The second-order valence-corrected chi connectivity index (χ2v) is 9.68. The third kappa shape index (κ3) is 5.13. The highest BCUT2D eigenvalue weighted by Gasteiger charge is 2.39. The lowest BCUT2D eigenvalue weighted by molar-refractivity contribution is -0.121. The van der Waals surface area contributed by atoms with Gasteiger partial charge in [0.25, 0.3) is 5.91 Å². The van der Waals surface area contributed by atoms with Gasteiger partial charge in [-0.1, -0.05) is 78.0 Å². The Kier molecular flexibility index (Phi) is 6.66. The van der Waals surface area contributed by atoms with Crippen LogP contribution in [0.25, 0.3) is 0 Å². The van der Waals surface area contributed by atoms with Gasteiger partial charge in [0.2, 0.25) is 5.91 Å². The maximum atomic E-state index is 13.6. The fraction of sp³-hybridized carbons (Fsp3) is 0.154. The number of hydrazone groups is 1. The summed E-state index contributed by atoms with van der Waals surface area (Å²) in [6.07, 6.45) is 0.521. The van der Waals surface area contributed by atoms with Crippen LogP contribution in [0.1, 0.15) is 30.0 Å². The van der Waals surface area contributed by atoms with Gasteiger partial charge in [0.05, 0.1) is 22.5 Å². The molecule has 9 heteroatoms. The van der Waals surface area contributed by atoms with Gasteiger partial charge >= 0.3 is 0 Å². The van der Waals surface area contributed by atoms with Crippen LogP contribution < -0.4 is 5.32 Å². The molecule has 0 fully saturated rings. The molecule has 3 aromatic rings. The van der Waals surface area contributed by atoms with Crippen LogP contribution in [-0.2, 0) is 9.59 Å². The van der Waals surface area contributed by atoms with Crippen LogP contribution in [-0.4, -0.2) is 33.0 Å². The molecule has 2 aliphatic heterocycles. The van der Waals surface area contributed by atoms with Gasteiger partial charge in [-0.15, -0.1) is 0 Å². The lowest BCUT2D eigenvalue weighted by atomic mass is 9.99. The highest BCUT2D eigenvalue weighted by Crippen LogP contribution is 2.38. The molecule has 2 heterocycles. The summed E-state index contributed by atoms with van der Waals surface area (Å²) >= 11 is 7.33. The van der Waals surface area contributed by atoms with Gasteiger partial charge in [-0.05, 0) is 35.4 Å². The summed E-state index contributed by atoms with van der Waals surface area (Å²) in [5.74, 6) is -1.04. The molecule has 5 rings (SSSR count). The molecule has 0 unspecified atom stereocenters. The number of benzene rings is 3. The van der Waals surface area contributed by atoms with Crippen molar-refractivity contribution in [2.24, 2.45) is 10.1 Å². The Hall–Kier alpha value is -3.49. The van der Waals surface area contributed by atoms with E-state index in [1.165, 1.54) is 23.9 Å². The number of thioether (sulfide) groups is 1. The number of aliphatic imine (C=N–C) groups is 1. The molecule has 2 atom stereocenters. The highest BCUT2D eigenvalue weighted by atomic mass is 35.5. The zero-order valence-electron chi connectivity index (χ0n) is 18.4. The van der Waals surface area contributed by atoms with Crippen molar-refractivity contribution < 1.29 is 14.0 Å². The predicted octanol–water partition coefficient (Wildman–Crippen LogP) is 5.66. The molecule has 1 N–H and O–H groups in total. The van der Waals surface area contributed by atoms with E-state index in [1.54, 1.807) is 41.4 Å². The van der Waals surface area contributed by atoms with E-state index in [-0.39, 0.29) is 30.1 Å². The molecule has 3 aromatic carbocycles. The Bertz CT molecular complexity index is 1330. The predicted molar refractivity (Wildman–Crippen MR) is 137 cm³/mol. The number of halogens is 2. The van der Waals surface area contributed by atoms with Gasteiger partial charge in [-0.25, -0.2) is 9.40 Å². The van der Waals surface area contributed by atoms with Gasteiger partial charge in [0.1, 0.15) is 11.1 Å². The summed E-state index contributed by atoms with van der Waals surface area (Å²) in [7, 11) is 0. The maximum Gasteiger partial charge on any atom is 0.262 e. The lowest BCUT2D eigenvalue weighted by Crippen LogP contribution is -2.25. The first-order chi connectivity index (χ1) is 17.0. The molecule has 0 saturated heterocycles. The first kappa shape index (κ1) is 23.3. The first-order valence-corrected chi connectivity index (χ1v) is 12.2. The van der Waals surface area contributed by atoms with Gasteiger partial charge in [-0.2, -0.15) is 10.1 Å². The average Bonchev–Trinajstić information content (AvgIpc) is 3.46. The molecular formula is C26H20ClFN4O2S. The normalized spacial score (nSPS) is 19.5. The van der Waals surface area contributed by atoms with Gasteiger partial charge in [0, 0.05) is 12.8 Å². The summed E-state index contributed by atoms with van der Waals surface area (Å²) in [4.78, 5) is 29.5. The van der Waals surface area contributed by atoms with Crippen molar-refractivity contribution in [3.8, 4) is 0 Å². The fourth-order valence-corrected chi connectivity index (χ4v) is 5.22. The molecule has 2 aliphatic rings. The van der Waals surface area contributed by atoms with Crippen LogP contribution in [0.15, 0.2) is 89.0 Å². The quantitative estimate of drug-likeness (QED) is 0.484. The molecule has 2 amide bonds. The number of amidine groups is 1. The monoisotopic (exact) mass is 506 g/mol. The van der Waals surface area contributed by atoms with Crippen LogP contribution in [0, 0.1) is 5.82 Å². The molecule has 0 saturated carbocycles. The summed E-state index contributed by atoms with van der Waals surface area (Å²) in [6, 6.07) is 22.7. The molecule has 35 heavy (non-hydrogen) atoms. The largest absolute Gasteiger partial charge is 0.325 e. The van der Waals surface area contributed by atoms with Gasteiger partial charge in [-0.3, -0.25) is 9.59 Å². The van der Waals surface area contributed by atoms with E-state index >= 15 is 0 Å². The molecule has 0 bridgehead atoms. The molecule has 0 aliphatic carbocycles. The topological polar surface area (TPSA) is 74.1 Å². The van der Waals surface area contributed by atoms with Crippen molar-refractivity contribution >= 4 is 51.7 Å². The fourth-order valence-electron chi connectivity index (χ4n) is 3.97. The molecule has 0 radical (unpaired) electrons. The minimum atomic E-state index is -0.669. The number of hydrogen-bond acceptors (Lipinski definition) is 5. The third-order valence-electron chi connectivity index (χ3n) is 5.72. The third-order valence-corrected chi connectivity index (χ3v) is 7.19. The number of amides is 2. The van der Waals surface area contributed by atoms with Gasteiger partial charge < -0.3 is 5.32 Å². The standard InChI is InChI=1S/C26H20ClFN4O2S/c27-19-8-4-5-9-20(19)29-24(33)15-23-25(34)30-26(35-23)32-22(17-10-12-18(28)13-11-17)14-21(31-32)16-6-2-1-3-7-16/h1-13,22-23H,14-15H2,(H,29,33)/t22-,23+/m1/s1. The van der Waals surface area contributed by atoms with Crippen LogP contribution in [0.2, 0.25) is 5.02 Å². The van der Waals surface area contributed by atoms with Crippen LogP contribution in [0.5, 0.6) is 0 Å². The van der Waals surface area contributed by atoms with E-state index in [4.69, 9.17) is 16.7 Å². The minimum Gasteiger partial charge on any atom is -0.325 e. The van der Waals surface area contributed by atoms with Crippen molar-refractivity contribution in [3.63, 3.8) is 0 Å². The first-order valence-electron chi connectivity index (χ1n) is 11.0. The number of nitrogens with one attached hydrogen (secondary N) is 1. The zero-order chi connectivity index (χ0) is 24.4. The molecular weight excluding hydrogens is 487 g/mol. The number of anilines is 1. The second kappa shape index (κ2) is 10.0. The van der Waals surface area contributed by atoms with E-state index < -0.39 is 5.25 Å². The number of nitrogens with zero attached hydrogens (tertiary/aromatic N) is 3. The number of para-hydroxylation sites is 1. The summed E-state index contributed by atoms with van der Waals surface area (Å²) in [6.45, 7) is 0. The number of carbonyl (C=O) groups is 2. The van der Waals surface area contributed by atoms with E-state index in [0.717, 1.165) is 16.8 Å². The Morgan fingerprint density at radius 2 is 1.77 bits per heavy atom. The molecule has 0 spiro atoms. The Labute approximate surface area is 210 Å². The van der Waals surface area contributed by atoms with E-state index in [0.29, 0.717) is 22.3 Å². The maximum absolute atomic E-state index is 13.6. The van der Waals surface area contributed by atoms with Crippen molar-refractivity contribution in [1.82, 2.24) is 5.01 Å². The minimum absolute atomic E-state index is 0.0496. The smallest absolute Gasteiger partial charge is 0.262 e. The van der Waals surface area contributed by atoms with Crippen molar-refractivity contribution in [2.75, 3.05) is 5.32 Å². The number of carbonyl (C=O) groups excluding carboxylic acids is 2. The van der Waals surface area contributed by atoms with Gasteiger partial charge in [0.15, 0.2) is 5.17 Å². The van der Waals surface area contributed by atoms with Crippen LogP contribution in [0.4, 0.5) is 10.1 Å². The van der Waals surface area contributed by atoms with Crippen molar-refractivity contribution in [3.05, 3.63) is 101 Å². The van der Waals surface area contributed by atoms with Crippen molar-refractivity contribution in [1.29, 1.82) is 0 Å². The van der Waals surface area contributed by atoms with Crippen LogP contribution >= 0.6 is 23.4 Å². The SMILES string of the molecule is O=C(C[C@@H]1SC(N2N=C(c3ccccc3)C[C@@H]2c2ccc(F)cc2)=NC1=O)Nc1ccccc1Cl. The van der Waals surface area contributed by atoms with Crippen molar-refractivity contribution in [2.45, 2.75) is 24.1 Å². The summed E-state index contributed by atoms with van der Waals surface area (Å²) in [5, 5.41) is 9.42. The van der Waals surface area contributed by atoms with E-state index in [2.05, 4.69) is 10.3 Å². The Morgan fingerprint density at radius 3 is 2.51 bits per heavy atom. The molecule has 0 aromatic heterocycles. The number of hydrogen-bond donors (Lipinski definition) is 1. The van der Waals surface area contributed by atoms with Crippen LogP contribution in [0.3, 0.4) is 0 Å². The average molecular weight is 507 g/mol. The number of rotatable bonds is 5. The highest BCUT2D eigenvalue weighted by molar-refractivity contribution is 8.15. The second-order valence-electron chi connectivity index (χ2n) is 8.10. The van der Waals surface area contributed by atoms with E-state index in [1.807, 2.05) is 30.3 Å². The van der Waals surface area contributed by atoms with E-state index in [9.17, 15) is 14.0 Å².